The van der Waals surface area contributed by atoms with Gasteiger partial charge in [0, 0.05) is 28.5 Å². The number of aromatic amines is 1. The highest BCUT2D eigenvalue weighted by molar-refractivity contribution is 9.10. The molecule has 0 aliphatic rings. The van der Waals surface area contributed by atoms with Gasteiger partial charge in [-0.15, -0.1) is 0 Å². The van der Waals surface area contributed by atoms with E-state index < -0.39 is 11.7 Å². The van der Waals surface area contributed by atoms with Crippen molar-refractivity contribution in [3.05, 3.63) is 28.4 Å². The molecule has 1 amide bonds. The van der Waals surface area contributed by atoms with Gasteiger partial charge in [0.1, 0.15) is 11.2 Å². The number of hydrogen-bond acceptors (Lipinski definition) is 4. The van der Waals surface area contributed by atoms with Gasteiger partial charge in [-0.2, -0.15) is 0 Å². The Bertz CT molecular complexity index is 1000. The van der Waals surface area contributed by atoms with Crippen LogP contribution in [-0.4, -0.2) is 35.8 Å². The highest BCUT2D eigenvalue weighted by Crippen LogP contribution is 2.43. The van der Waals surface area contributed by atoms with Gasteiger partial charge in [0.15, 0.2) is 5.75 Å². The van der Waals surface area contributed by atoms with Crippen LogP contribution in [0.25, 0.3) is 21.9 Å². The van der Waals surface area contributed by atoms with Crippen LogP contribution in [0.1, 0.15) is 26.3 Å². The Morgan fingerprint density at radius 2 is 2.00 bits per heavy atom. The average molecular weight is 420 g/mol. The molecule has 0 saturated heterocycles. The van der Waals surface area contributed by atoms with Crippen LogP contribution < -0.4 is 9.64 Å². The molecule has 0 aliphatic heterocycles. The third-order valence-corrected chi connectivity index (χ3v) is 4.61. The van der Waals surface area contributed by atoms with Crippen molar-refractivity contribution in [2.24, 2.45) is 0 Å². The second-order valence-electron chi connectivity index (χ2n) is 7.23. The molecule has 7 heteroatoms. The normalized spacial score (nSPS) is 11.8. The molecule has 0 fully saturated rings. The Balaban J connectivity index is 2.21. The van der Waals surface area contributed by atoms with Crippen LogP contribution in [0.4, 0.5) is 10.5 Å². The molecule has 1 aromatic carbocycles. The summed E-state index contributed by atoms with van der Waals surface area (Å²) < 4.78 is 12.0. The Hall–Kier alpha value is -2.28. The monoisotopic (exact) mass is 419 g/mol. The molecule has 3 aromatic rings. The largest absolute Gasteiger partial charge is 0.492 e. The summed E-state index contributed by atoms with van der Waals surface area (Å²) in [5, 5.41) is 1.96. The average Bonchev–Trinajstić information content (AvgIpc) is 2.91. The lowest BCUT2D eigenvalue weighted by molar-refractivity contribution is 0.0588. The summed E-state index contributed by atoms with van der Waals surface area (Å²) in [5.74, 6) is 0.562. The van der Waals surface area contributed by atoms with Gasteiger partial charge in [-0.05, 0) is 61.3 Å². The Kier molecular flexibility index (Phi) is 4.60. The second-order valence-corrected chi connectivity index (χ2v) is 8.09. The van der Waals surface area contributed by atoms with Gasteiger partial charge in [0.25, 0.3) is 0 Å². The number of ether oxygens (including phenoxy) is 2. The van der Waals surface area contributed by atoms with Gasteiger partial charge in [0.05, 0.1) is 18.3 Å². The number of benzene rings is 1. The third kappa shape index (κ3) is 3.23. The number of H-pyrrole nitrogens is 1. The molecule has 0 atom stereocenters. The molecule has 3 rings (SSSR count). The summed E-state index contributed by atoms with van der Waals surface area (Å²) in [5.41, 5.74) is 2.63. The number of carbonyl (C=O) groups is 1. The van der Waals surface area contributed by atoms with Gasteiger partial charge in [0.2, 0.25) is 0 Å². The van der Waals surface area contributed by atoms with Crippen molar-refractivity contribution in [1.29, 1.82) is 0 Å². The number of halogens is 1. The van der Waals surface area contributed by atoms with Gasteiger partial charge in [-0.3, -0.25) is 4.90 Å². The van der Waals surface area contributed by atoms with E-state index in [1.54, 1.807) is 14.2 Å². The number of nitrogens with zero attached hydrogens (tertiary/aromatic N) is 2. The van der Waals surface area contributed by atoms with E-state index in [0.717, 1.165) is 32.0 Å². The van der Waals surface area contributed by atoms with E-state index in [4.69, 9.17) is 9.47 Å². The first-order valence-electron chi connectivity index (χ1n) is 8.23. The molecule has 138 valence electrons. The Morgan fingerprint density at radius 1 is 1.31 bits per heavy atom. The maximum Gasteiger partial charge on any atom is 0.414 e. The van der Waals surface area contributed by atoms with Crippen molar-refractivity contribution in [1.82, 2.24) is 9.97 Å². The minimum absolute atomic E-state index is 0.452. The molecule has 0 radical (unpaired) electrons. The molecular formula is C19H22BrN3O3. The first-order chi connectivity index (χ1) is 12.1. The number of aryl methyl sites for hydroxylation is 1. The van der Waals surface area contributed by atoms with Gasteiger partial charge >= 0.3 is 6.09 Å². The van der Waals surface area contributed by atoms with E-state index in [-0.39, 0.29) is 0 Å². The standard InChI is InChI=1S/C19H22BrN3O3/c1-10-7-11-14-12(20)8-13(23(5)18(24)26-19(2,3)4)16(25-6)15(14)22-17(11)21-9-10/h7-9H,1-6H3,(H,21,22). The number of rotatable bonds is 2. The highest BCUT2D eigenvalue weighted by Gasteiger charge is 2.25. The third-order valence-electron chi connectivity index (χ3n) is 3.98. The molecule has 6 nitrogen and oxygen atoms in total. The van der Waals surface area contributed by atoms with Crippen molar-refractivity contribution >= 4 is 49.6 Å². The zero-order valence-electron chi connectivity index (χ0n) is 15.7. The zero-order valence-corrected chi connectivity index (χ0v) is 17.3. The molecule has 1 N–H and O–H groups in total. The zero-order chi connectivity index (χ0) is 19.2. The number of pyridine rings is 1. The van der Waals surface area contributed by atoms with Gasteiger partial charge in [-0.1, -0.05) is 0 Å². The Morgan fingerprint density at radius 3 is 2.62 bits per heavy atom. The molecule has 0 spiro atoms. The van der Waals surface area contributed by atoms with E-state index in [0.29, 0.717) is 11.4 Å². The lowest BCUT2D eigenvalue weighted by atomic mass is 10.1. The van der Waals surface area contributed by atoms with Crippen LogP contribution in [-0.2, 0) is 4.74 Å². The molecule has 2 heterocycles. The highest BCUT2D eigenvalue weighted by atomic mass is 79.9. The van der Waals surface area contributed by atoms with Crippen LogP contribution in [0.5, 0.6) is 5.75 Å². The molecule has 2 aromatic heterocycles. The first kappa shape index (κ1) is 18.5. The maximum absolute atomic E-state index is 12.5. The smallest absolute Gasteiger partial charge is 0.414 e. The molecule has 0 unspecified atom stereocenters. The van der Waals surface area contributed by atoms with E-state index in [2.05, 4.69) is 32.0 Å². The predicted octanol–water partition coefficient (Wildman–Crippen LogP) is 5.17. The maximum atomic E-state index is 12.5. The number of methoxy groups -OCH3 is 1. The number of hydrogen-bond donors (Lipinski definition) is 1. The van der Waals surface area contributed by atoms with Gasteiger partial charge < -0.3 is 14.5 Å². The summed E-state index contributed by atoms with van der Waals surface area (Å²) in [6.45, 7) is 7.50. The van der Waals surface area contributed by atoms with Crippen LogP contribution in [0.15, 0.2) is 22.8 Å². The summed E-state index contributed by atoms with van der Waals surface area (Å²) in [7, 11) is 3.24. The SMILES string of the molecule is COc1c(N(C)C(=O)OC(C)(C)C)cc(Br)c2c1[nH]c1ncc(C)cc12. The van der Waals surface area contributed by atoms with Gasteiger partial charge in [-0.25, -0.2) is 9.78 Å². The molecule has 0 aliphatic carbocycles. The summed E-state index contributed by atoms with van der Waals surface area (Å²) >= 11 is 3.63. The number of carbonyl (C=O) groups excluding carboxylic acids is 1. The molecule has 26 heavy (non-hydrogen) atoms. The molecule has 0 saturated carbocycles. The van der Waals surface area contributed by atoms with E-state index in [1.165, 1.54) is 4.90 Å². The summed E-state index contributed by atoms with van der Waals surface area (Å²) in [4.78, 5) is 21.7. The van der Waals surface area contributed by atoms with Crippen LogP contribution in [0, 0.1) is 6.92 Å². The molecular weight excluding hydrogens is 398 g/mol. The fourth-order valence-electron chi connectivity index (χ4n) is 2.86. The van der Waals surface area contributed by atoms with E-state index in [9.17, 15) is 4.79 Å². The van der Waals surface area contributed by atoms with Crippen molar-refractivity contribution in [3.63, 3.8) is 0 Å². The number of fused-ring (bicyclic) bond motifs is 3. The van der Waals surface area contributed by atoms with Crippen molar-refractivity contribution in [2.45, 2.75) is 33.3 Å². The van der Waals surface area contributed by atoms with E-state index >= 15 is 0 Å². The number of nitrogens with one attached hydrogen (secondary N) is 1. The molecule has 0 bridgehead atoms. The minimum atomic E-state index is -0.581. The van der Waals surface area contributed by atoms with Crippen molar-refractivity contribution in [2.75, 3.05) is 19.1 Å². The van der Waals surface area contributed by atoms with Crippen LogP contribution in [0.3, 0.4) is 0 Å². The number of anilines is 1. The quantitative estimate of drug-likeness (QED) is 0.622. The van der Waals surface area contributed by atoms with E-state index in [1.807, 2.05) is 40.0 Å². The predicted molar refractivity (Wildman–Crippen MR) is 107 cm³/mol. The lowest BCUT2D eigenvalue weighted by Gasteiger charge is -2.26. The minimum Gasteiger partial charge on any atom is -0.492 e. The van der Waals surface area contributed by atoms with Crippen molar-refractivity contribution in [3.8, 4) is 5.75 Å². The topological polar surface area (TPSA) is 67.4 Å². The number of amides is 1. The first-order valence-corrected chi connectivity index (χ1v) is 9.03. The lowest BCUT2D eigenvalue weighted by Crippen LogP contribution is -2.34. The fourth-order valence-corrected chi connectivity index (χ4v) is 3.49. The van der Waals surface area contributed by atoms with Crippen LogP contribution in [0.2, 0.25) is 0 Å². The van der Waals surface area contributed by atoms with Crippen molar-refractivity contribution < 1.29 is 14.3 Å². The fraction of sp³-hybridized carbons (Fsp3) is 0.368. The summed E-state index contributed by atoms with van der Waals surface area (Å²) in [6.07, 6.45) is 1.36. The summed E-state index contributed by atoms with van der Waals surface area (Å²) in [6, 6.07) is 3.93. The number of aromatic nitrogens is 2. The van der Waals surface area contributed by atoms with Crippen LogP contribution >= 0.6 is 15.9 Å². The Labute approximate surface area is 160 Å². The second kappa shape index (κ2) is 6.46.